The Morgan fingerprint density at radius 3 is 2.80 bits per heavy atom. The summed E-state index contributed by atoms with van der Waals surface area (Å²) in [6, 6.07) is 6.88. The molecule has 5 heteroatoms. The quantitative estimate of drug-likeness (QED) is 0.815. The SMILES string of the molecule is O=C1C[C@@H](c2cccc(Br)c2)NC(=O)N1. The Labute approximate surface area is 95.2 Å². The first-order valence-corrected chi connectivity index (χ1v) is 5.30. The summed E-state index contributed by atoms with van der Waals surface area (Å²) >= 11 is 3.35. The topological polar surface area (TPSA) is 58.2 Å². The van der Waals surface area contributed by atoms with Crippen LogP contribution >= 0.6 is 15.9 Å². The zero-order valence-electron chi connectivity index (χ0n) is 7.79. The number of carbonyl (C=O) groups is 2. The average Bonchev–Trinajstić information content (AvgIpc) is 2.16. The summed E-state index contributed by atoms with van der Waals surface area (Å²) in [4.78, 5) is 22.2. The van der Waals surface area contributed by atoms with Crippen LogP contribution in [0.5, 0.6) is 0 Å². The number of hydrogen-bond acceptors (Lipinski definition) is 2. The van der Waals surface area contributed by atoms with Gasteiger partial charge in [0.15, 0.2) is 0 Å². The third-order valence-electron chi connectivity index (χ3n) is 2.20. The van der Waals surface area contributed by atoms with Crippen molar-refractivity contribution in [3.63, 3.8) is 0 Å². The summed E-state index contributed by atoms with van der Waals surface area (Å²) in [5, 5.41) is 4.89. The molecule has 0 unspecified atom stereocenters. The molecule has 0 spiro atoms. The van der Waals surface area contributed by atoms with Gasteiger partial charge in [-0.25, -0.2) is 4.79 Å². The largest absolute Gasteiger partial charge is 0.330 e. The van der Waals surface area contributed by atoms with E-state index in [2.05, 4.69) is 26.6 Å². The van der Waals surface area contributed by atoms with Crippen molar-refractivity contribution in [2.45, 2.75) is 12.5 Å². The molecule has 0 bridgehead atoms. The summed E-state index contributed by atoms with van der Waals surface area (Å²) in [6.07, 6.45) is 0.280. The molecular weight excluding hydrogens is 260 g/mol. The molecule has 0 aromatic heterocycles. The van der Waals surface area contributed by atoms with E-state index in [1.807, 2.05) is 24.3 Å². The number of nitrogens with one attached hydrogen (secondary N) is 2. The van der Waals surface area contributed by atoms with Gasteiger partial charge in [-0.2, -0.15) is 0 Å². The maximum atomic E-state index is 11.2. The molecule has 1 fully saturated rings. The van der Waals surface area contributed by atoms with Gasteiger partial charge in [0, 0.05) is 4.47 Å². The highest BCUT2D eigenvalue weighted by molar-refractivity contribution is 9.10. The lowest BCUT2D eigenvalue weighted by atomic mass is 10.0. The Bertz CT molecular complexity index is 404. The zero-order chi connectivity index (χ0) is 10.8. The lowest BCUT2D eigenvalue weighted by Crippen LogP contribution is -2.48. The van der Waals surface area contributed by atoms with E-state index in [0.717, 1.165) is 10.0 Å². The third kappa shape index (κ3) is 2.36. The van der Waals surface area contributed by atoms with Crippen LogP contribution < -0.4 is 10.6 Å². The Hall–Kier alpha value is -1.36. The van der Waals surface area contributed by atoms with Crippen molar-refractivity contribution in [1.29, 1.82) is 0 Å². The van der Waals surface area contributed by atoms with E-state index in [1.165, 1.54) is 0 Å². The van der Waals surface area contributed by atoms with Gasteiger partial charge in [0.25, 0.3) is 0 Å². The summed E-state index contributed by atoms with van der Waals surface area (Å²) in [6.45, 7) is 0. The van der Waals surface area contributed by atoms with Gasteiger partial charge in [0.2, 0.25) is 5.91 Å². The average molecular weight is 269 g/mol. The molecule has 1 atom stereocenters. The number of rotatable bonds is 1. The van der Waals surface area contributed by atoms with Gasteiger partial charge in [0.1, 0.15) is 0 Å². The van der Waals surface area contributed by atoms with Gasteiger partial charge >= 0.3 is 6.03 Å². The number of amides is 3. The number of benzene rings is 1. The molecule has 1 aromatic rings. The van der Waals surface area contributed by atoms with Crippen LogP contribution in [0.2, 0.25) is 0 Å². The summed E-state index contributed by atoms with van der Waals surface area (Å²) in [7, 11) is 0. The highest BCUT2D eigenvalue weighted by Crippen LogP contribution is 2.22. The Balaban J connectivity index is 2.23. The Morgan fingerprint density at radius 2 is 2.13 bits per heavy atom. The molecule has 1 aliphatic rings. The van der Waals surface area contributed by atoms with Crippen LogP contribution in [0, 0.1) is 0 Å². The molecule has 1 saturated heterocycles. The molecule has 1 heterocycles. The van der Waals surface area contributed by atoms with Crippen LogP contribution in [0.3, 0.4) is 0 Å². The number of halogens is 1. The van der Waals surface area contributed by atoms with E-state index in [9.17, 15) is 9.59 Å². The highest BCUT2D eigenvalue weighted by atomic mass is 79.9. The Kier molecular flexibility index (Phi) is 2.73. The predicted molar refractivity (Wildman–Crippen MR) is 58.2 cm³/mol. The monoisotopic (exact) mass is 268 g/mol. The van der Waals surface area contributed by atoms with Crippen molar-refractivity contribution in [2.75, 3.05) is 0 Å². The molecule has 1 aliphatic heterocycles. The first-order chi connectivity index (χ1) is 7.15. The number of imide groups is 1. The Morgan fingerprint density at radius 1 is 1.33 bits per heavy atom. The zero-order valence-corrected chi connectivity index (χ0v) is 9.37. The first-order valence-electron chi connectivity index (χ1n) is 4.51. The molecule has 1 aromatic carbocycles. The maximum Gasteiger partial charge on any atom is 0.321 e. The van der Waals surface area contributed by atoms with Crippen molar-refractivity contribution in [3.8, 4) is 0 Å². The lowest BCUT2D eigenvalue weighted by Gasteiger charge is -2.23. The van der Waals surface area contributed by atoms with Gasteiger partial charge in [-0.15, -0.1) is 0 Å². The van der Waals surface area contributed by atoms with Crippen LogP contribution in [0.15, 0.2) is 28.7 Å². The molecule has 15 heavy (non-hydrogen) atoms. The number of urea groups is 1. The minimum atomic E-state index is -0.434. The van der Waals surface area contributed by atoms with Crippen LogP contribution in [-0.4, -0.2) is 11.9 Å². The fourth-order valence-electron chi connectivity index (χ4n) is 1.53. The van der Waals surface area contributed by atoms with Crippen molar-refractivity contribution in [3.05, 3.63) is 34.3 Å². The number of carbonyl (C=O) groups excluding carboxylic acids is 2. The van der Waals surface area contributed by atoms with Gasteiger partial charge in [0.05, 0.1) is 12.5 Å². The molecular formula is C10H9BrN2O2. The second kappa shape index (κ2) is 4.02. The van der Waals surface area contributed by atoms with Crippen LogP contribution in [-0.2, 0) is 4.79 Å². The molecule has 3 amide bonds. The predicted octanol–water partition coefficient (Wildman–Crippen LogP) is 1.72. The minimum Gasteiger partial charge on any atom is -0.330 e. The van der Waals surface area contributed by atoms with Crippen LogP contribution in [0.1, 0.15) is 18.0 Å². The maximum absolute atomic E-state index is 11.2. The fourth-order valence-corrected chi connectivity index (χ4v) is 1.95. The van der Waals surface area contributed by atoms with Crippen LogP contribution in [0.4, 0.5) is 4.79 Å². The summed E-state index contributed by atoms with van der Waals surface area (Å²) < 4.78 is 0.931. The third-order valence-corrected chi connectivity index (χ3v) is 2.69. The molecule has 2 rings (SSSR count). The van der Waals surface area contributed by atoms with E-state index in [1.54, 1.807) is 0 Å². The van der Waals surface area contributed by atoms with Crippen molar-refractivity contribution in [2.24, 2.45) is 0 Å². The molecule has 2 N–H and O–H groups in total. The van der Waals surface area contributed by atoms with E-state index >= 15 is 0 Å². The smallest absolute Gasteiger partial charge is 0.321 e. The summed E-state index contributed by atoms with van der Waals surface area (Å²) in [5.74, 6) is -0.247. The van der Waals surface area contributed by atoms with E-state index in [-0.39, 0.29) is 18.4 Å². The minimum absolute atomic E-state index is 0.233. The molecule has 0 radical (unpaired) electrons. The second-order valence-corrected chi connectivity index (χ2v) is 4.25. The van der Waals surface area contributed by atoms with Crippen molar-refractivity contribution >= 4 is 27.9 Å². The van der Waals surface area contributed by atoms with Gasteiger partial charge in [-0.3, -0.25) is 10.1 Å². The van der Waals surface area contributed by atoms with Gasteiger partial charge < -0.3 is 5.32 Å². The highest BCUT2D eigenvalue weighted by Gasteiger charge is 2.24. The normalized spacial score (nSPS) is 20.7. The van der Waals surface area contributed by atoms with Gasteiger partial charge in [-0.05, 0) is 17.7 Å². The summed E-state index contributed by atoms with van der Waals surface area (Å²) in [5.41, 5.74) is 0.924. The van der Waals surface area contributed by atoms with Crippen molar-refractivity contribution in [1.82, 2.24) is 10.6 Å². The molecule has 0 saturated carbocycles. The van der Waals surface area contributed by atoms with E-state index in [0.29, 0.717) is 0 Å². The van der Waals surface area contributed by atoms with E-state index in [4.69, 9.17) is 0 Å². The standard InChI is InChI=1S/C10H9BrN2O2/c11-7-3-1-2-6(4-7)8-5-9(14)13-10(15)12-8/h1-4,8H,5H2,(H2,12,13,14,15)/t8-/m0/s1. The fraction of sp³-hybridized carbons (Fsp3) is 0.200. The number of hydrogen-bond donors (Lipinski definition) is 2. The molecule has 4 nitrogen and oxygen atoms in total. The van der Waals surface area contributed by atoms with Crippen LogP contribution in [0.25, 0.3) is 0 Å². The second-order valence-electron chi connectivity index (χ2n) is 3.33. The lowest BCUT2D eigenvalue weighted by molar-refractivity contribution is -0.121. The molecule has 78 valence electrons. The first kappa shape index (κ1) is 10.2. The van der Waals surface area contributed by atoms with Gasteiger partial charge in [-0.1, -0.05) is 28.1 Å². The molecule has 0 aliphatic carbocycles. The van der Waals surface area contributed by atoms with Crippen molar-refractivity contribution < 1.29 is 9.59 Å². The van der Waals surface area contributed by atoms with E-state index < -0.39 is 6.03 Å².